The lowest BCUT2D eigenvalue weighted by atomic mass is 9.71. The van der Waals surface area contributed by atoms with Gasteiger partial charge in [-0.05, 0) is 30.1 Å². The number of carbonyl (C=O) groups is 2. The summed E-state index contributed by atoms with van der Waals surface area (Å²) >= 11 is 0. The number of rotatable bonds is 2. The zero-order valence-corrected chi connectivity index (χ0v) is 16.7. The molecule has 2 fully saturated rings. The van der Waals surface area contributed by atoms with E-state index in [9.17, 15) is 9.59 Å². The van der Waals surface area contributed by atoms with Crippen LogP contribution in [0.5, 0.6) is 0 Å². The monoisotopic (exact) mass is 376 g/mol. The van der Waals surface area contributed by atoms with E-state index in [2.05, 4.69) is 41.5 Å². The second kappa shape index (κ2) is 7.05. The second-order valence-electron chi connectivity index (χ2n) is 8.87. The van der Waals surface area contributed by atoms with Crippen LogP contribution in [0.15, 0.2) is 15.3 Å². The first kappa shape index (κ1) is 19.5. The van der Waals surface area contributed by atoms with Gasteiger partial charge in [0.05, 0.1) is 5.71 Å². The van der Waals surface area contributed by atoms with E-state index in [1.165, 1.54) is 0 Å². The highest BCUT2D eigenvalue weighted by Crippen LogP contribution is 2.44. The van der Waals surface area contributed by atoms with Gasteiger partial charge in [0.25, 0.3) is 11.5 Å². The molecule has 0 aromatic rings. The van der Waals surface area contributed by atoms with Crippen molar-refractivity contribution in [2.75, 3.05) is 0 Å². The molecule has 0 atom stereocenters. The summed E-state index contributed by atoms with van der Waals surface area (Å²) in [4.78, 5) is 24.7. The molecule has 0 bridgehead atoms. The fourth-order valence-corrected chi connectivity index (χ4v) is 3.63. The van der Waals surface area contributed by atoms with Crippen molar-refractivity contribution in [3.8, 4) is 0 Å². The van der Waals surface area contributed by atoms with Gasteiger partial charge in [0.2, 0.25) is 0 Å². The van der Waals surface area contributed by atoms with Crippen molar-refractivity contribution in [3.05, 3.63) is 0 Å². The first-order valence-corrected chi connectivity index (χ1v) is 9.53. The Morgan fingerprint density at radius 2 is 1.70 bits per heavy atom. The highest BCUT2D eigenvalue weighted by atomic mass is 16.7. The number of ether oxygens (including phenoxy) is 2. The predicted octanol–water partition coefficient (Wildman–Crippen LogP) is 2.78. The molecule has 27 heavy (non-hydrogen) atoms. The van der Waals surface area contributed by atoms with Crippen LogP contribution < -0.4 is 5.43 Å². The van der Waals surface area contributed by atoms with Gasteiger partial charge in [0.15, 0.2) is 5.84 Å². The summed E-state index contributed by atoms with van der Waals surface area (Å²) in [7, 11) is 0. The molecule has 1 spiro atoms. The van der Waals surface area contributed by atoms with Crippen LogP contribution in [0.2, 0.25) is 0 Å². The minimum Gasteiger partial charge on any atom is -0.417 e. The summed E-state index contributed by atoms with van der Waals surface area (Å²) in [5, 5.41) is 11.9. The molecule has 0 aromatic carbocycles. The van der Waals surface area contributed by atoms with Gasteiger partial charge in [-0.2, -0.15) is 10.2 Å². The van der Waals surface area contributed by atoms with Crippen LogP contribution in [0.1, 0.15) is 66.7 Å². The second-order valence-corrected chi connectivity index (χ2v) is 8.87. The minimum atomic E-state index is -1.15. The summed E-state index contributed by atoms with van der Waals surface area (Å²) in [6, 6.07) is 0. The van der Waals surface area contributed by atoms with Crippen molar-refractivity contribution in [2.24, 2.45) is 32.6 Å². The molecule has 1 saturated heterocycles. The number of hydrogen-bond donors (Lipinski definition) is 1. The smallest absolute Gasteiger partial charge is 0.369 e. The Hall–Kier alpha value is -2.25. The first-order chi connectivity index (χ1) is 12.6. The van der Waals surface area contributed by atoms with Crippen molar-refractivity contribution in [1.82, 2.24) is 5.43 Å². The molecule has 1 saturated carbocycles. The maximum absolute atomic E-state index is 12.4. The van der Waals surface area contributed by atoms with E-state index in [1.54, 1.807) is 0 Å². The third-order valence-corrected chi connectivity index (χ3v) is 5.53. The molecule has 0 aromatic heterocycles. The van der Waals surface area contributed by atoms with Gasteiger partial charge in [-0.3, -0.25) is 5.43 Å². The maximum atomic E-state index is 12.4. The fraction of sp³-hybridized carbons (Fsp3) is 0.737. The number of nitrogens with zero attached hydrogens (tertiary/aromatic N) is 3. The standard InChI is InChI=1S/C19H28N4O4/c1-11(2)13-10-14(21-20-13)22-23-15-16(24)26-19(27-17(15)25)8-6-12(7-9-19)18(3,4)5/h11-12H,6-10H2,1-5H3,(H,21,22). The Morgan fingerprint density at radius 1 is 1.11 bits per heavy atom. The van der Waals surface area contributed by atoms with Crippen LogP contribution >= 0.6 is 0 Å². The van der Waals surface area contributed by atoms with E-state index in [1.807, 2.05) is 13.8 Å². The van der Waals surface area contributed by atoms with Gasteiger partial charge in [0, 0.05) is 19.3 Å². The molecule has 2 heterocycles. The lowest BCUT2D eigenvalue weighted by Crippen LogP contribution is -2.53. The molecule has 148 valence electrons. The highest BCUT2D eigenvalue weighted by molar-refractivity contribution is 6.63. The molecule has 8 nitrogen and oxygen atoms in total. The van der Waals surface area contributed by atoms with Gasteiger partial charge in [-0.25, -0.2) is 9.59 Å². The van der Waals surface area contributed by atoms with Gasteiger partial charge >= 0.3 is 11.9 Å². The summed E-state index contributed by atoms with van der Waals surface area (Å²) in [6.45, 7) is 10.6. The van der Waals surface area contributed by atoms with Gasteiger partial charge in [-0.15, -0.1) is 5.10 Å². The molecule has 1 N–H and O–H groups in total. The van der Waals surface area contributed by atoms with E-state index in [0.29, 0.717) is 31.0 Å². The normalized spacial score (nSPS) is 28.7. The van der Waals surface area contributed by atoms with Gasteiger partial charge < -0.3 is 9.47 Å². The molecule has 2 aliphatic heterocycles. The minimum absolute atomic E-state index is 0.180. The lowest BCUT2D eigenvalue weighted by molar-refractivity contribution is -0.242. The SMILES string of the molecule is CC(C)C1=NN=C(NN=C2C(=O)OC3(CCC(C(C)(C)C)CC3)OC2=O)C1. The topological polar surface area (TPSA) is 102 Å². The average molecular weight is 376 g/mol. The van der Waals surface area contributed by atoms with E-state index >= 15 is 0 Å². The molecule has 0 radical (unpaired) electrons. The average Bonchev–Trinajstić information content (AvgIpc) is 3.03. The summed E-state index contributed by atoms with van der Waals surface area (Å²) < 4.78 is 11.0. The zero-order chi connectivity index (χ0) is 19.8. The Morgan fingerprint density at radius 3 is 2.19 bits per heavy atom. The number of hydrogen-bond acceptors (Lipinski definition) is 8. The van der Waals surface area contributed by atoms with Crippen molar-refractivity contribution < 1.29 is 19.1 Å². The molecule has 0 amide bonds. The fourth-order valence-electron chi connectivity index (χ4n) is 3.63. The summed E-state index contributed by atoms with van der Waals surface area (Å²) in [6.07, 6.45) is 3.25. The maximum Gasteiger partial charge on any atom is 0.369 e. The van der Waals surface area contributed by atoms with E-state index in [4.69, 9.17) is 9.47 Å². The Balaban J connectivity index is 1.60. The summed E-state index contributed by atoms with van der Waals surface area (Å²) in [5.74, 6) is -1.39. The van der Waals surface area contributed by atoms with Crippen LogP contribution in [0.4, 0.5) is 0 Å². The van der Waals surface area contributed by atoms with Crippen LogP contribution in [0.25, 0.3) is 0 Å². The molecule has 1 aliphatic carbocycles. The van der Waals surface area contributed by atoms with E-state index in [-0.39, 0.29) is 17.0 Å². The van der Waals surface area contributed by atoms with Crippen LogP contribution in [0, 0.1) is 17.3 Å². The number of esters is 2. The van der Waals surface area contributed by atoms with Crippen LogP contribution in [-0.4, -0.2) is 35.0 Å². The largest absolute Gasteiger partial charge is 0.417 e. The third-order valence-electron chi connectivity index (χ3n) is 5.53. The number of hydrazone groups is 1. The first-order valence-electron chi connectivity index (χ1n) is 9.53. The van der Waals surface area contributed by atoms with Gasteiger partial charge in [0.1, 0.15) is 0 Å². The number of carbonyl (C=O) groups excluding carboxylic acids is 2. The van der Waals surface area contributed by atoms with Crippen LogP contribution in [-0.2, 0) is 19.1 Å². The predicted molar refractivity (Wildman–Crippen MR) is 101 cm³/mol. The molecule has 8 heteroatoms. The number of nitrogens with one attached hydrogen (secondary N) is 1. The third kappa shape index (κ3) is 4.20. The molecular weight excluding hydrogens is 348 g/mol. The Bertz CT molecular complexity index is 700. The highest BCUT2D eigenvalue weighted by Gasteiger charge is 2.50. The molecular formula is C19H28N4O4. The quantitative estimate of drug-likeness (QED) is 0.590. The van der Waals surface area contributed by atoms with Crippen molar-refractivity contribution in [2.45, 2.75) is 72.5 Å². The molecule has 0 unspecified atom stereocenters. The Kier molecular flexibility index (Phi) is 5.10. The van der Waals surface area contributed by atoms with Crippen LogP contribution in [0.3, 0.4) is 0 Å². The van der Waals surface area contributed by atoms with E-state index in [0.717, 1.165) is 18.6 Å². The van der Waals surface area contributed by atoms with E-state index < -0.39 is 17.7 Å². The van der Waals surface area contributed by atoms with Crippen molar-refractivity contribution in [1.29, 1.82) is 0 Å². The zero-order valence-electron chi connectivity index (χ0n) is 16.7. The van der Waals surface area contributed by atoms with Crippen molar-refractivity contribution in [3.63, 3.8) is 0 Å². The lowest BCUT2D eigenvalue weighted by Gasteiger charge is -2.43. The molecule has 3 aliphatic rings. The number of amidine groups is 1. The Labute approximate surface area is 159 Å². The van der Waals surface area contributed by atoms with Crippen molar-refractivity contribution >= 4 is 29.2 Å². The molecule has 3 rings (SSSR count). The summed E-state index contributed by atoms with van der Waals surface area (Å²) in [5.41, 5.74) is 3.35. The van der Waals surface area contributed by atoms with Gasteiger partial charge in [-0.1, -0.05) is 34.6 Å².